The fraction of sp³-hybridized carbons (Fsp3) is 0.562. The maximum atomic E-state index is 13.8. The van der Waals surface area contributed by atoms with Crippen LogP contribution in [-0.4, -0.2) is 5.78 Å². The molecule has 0 aliphatic heterocycles. The van der Waals surface area contributed by atoms with Gasteiger partial charge in [-0.05, 0) is 31.2 Å². The summed E-state index contributed by atoms with van der Waals surface area (Å²) >= 11 is 0. The first-order valence-electron chi connectivity index (χ1n) is 7.05. The number of halogens is 3. The molecule has 0 atom stereocenters. The van der Waals surface area contributed by atoms with E-state index in [-0.39, 0.29) is 11.3 Å². The van der Waals surface area contributed by atoms with Crippen LogP contribution in [-0.2, 0) is 0 Å². The summed E-state index contributed by atoms with van der Waals surface area (Å²) in [6.07, 6.45) is 3.89. The second-order valence-electron chi connectivity index (χ2n) is 6.16. The molecule has 0 radical (unpaired) electrons. The molecule has 0 N–H and O–H groups in total. The topological polar surface area (TPSA) is 17.1 Å². The first-order chi connectivity index (χ1) is 9.35. The van der Waals surface area contributed by atoms with Gasteiger partial charge in [-0.1, -0.05) is 26.7 Å². The zero-order chi connectivity index (χ0) is 14.9. The quantitative estimate of drug-likeness (QED) is 0.568. The Hall–Kier alpha value is -1.32. The lowest BCUT2D eigenvalue weighted by molar-refractivity contribution is 0.0754. The minimum absolute atomic E-state index is 0.297. The lowest BCUT2D eigenvalue weighted by atomic mass is 9.73. The van der Waals surface area contributed by atoms with Crippen LogP contribution < -0.4 is 0 Å². The number of ketones is 1. The van der Waals surface area contributed by atoms with E-state index in [9.17, 15) is 18.0 Å². The fourth-order valence-electron chi connectivity index (χ4n) is 3.34. The first kappa shape index (κ1) is 15.1. The van der Waals surface area contributed by atoms with Crippen LogP contribution in [0.4, 0.5) is 13.2 Å². The Morgan fingerprint density at radius 2 is 1.65 bits per heavy atom. The summed E-state index contributed by atoms with van der Waals surface area (Å²) in [4.78, 5) is 12.7. The third kappa shape index (κ3) is 2.74. The van der Waals surface area contributed by atoms with Gasteiger partial charge in [-0.15, -0.1) is 0 Å². The zero-order valence-electron chi connectivity index (χ0n) is 11.8. The molecular weight excluding hydrogens is 265 g/mol. The Labute approximate surface area is 117 Å². The largest absolute Gasteiger partial charge is 0.293 e. The Kier molecular flexibility index (Phi) is 4.21. The van der Waals surface area contributed by atoms with E-state index in [1.807, 2.05) is 13.8 Å². The third-order valence-corrected chi connectivity index (χ3v) is 4.10. The standard InChI is InChI=1S/C16H19F3O/c1-10(2)9-16(5-3-4-6-16)15(20)11-7-13(18)14(19)8-12(11)17/h7-8,10H,3-6,9H2,1-2H3. The lowest BCUT2D eigenvalue weighted by Crippen LogP contribution is -2.30. The van der Waals surface area contributed by atoms with Crippen LogP contribution in [0.15, 0.2) is 12.1 Å². The number of carbonyl (C=O) groups is 1. The van der Waals surface area contributed by atoms with Gasteiger partial charge < -0.3 is 0 Å². The predicted molar refractivity (Wildman–Crippen MR) is 71.0 cm³/mol. The van der Waals surface area contributed by atoms with Crippen molar-refractivity contribution in [1.82, 2.24) is 0 Å². The molecule has 110 valence electrons. The van der Waals surface area contributed by atoms with Crippen LogP contribution >= 0.6 is 0 Å². The first-order valence-corrected chi connectivity index (χ1v) is 7.05. The SMILES string of the molecule is CC(C)CC1(C(=O)c2cc(F)c(F)cc2F)CCCC1. The van der Waals surface area contributed by atoms with Crippen molar-refractivity contribution in [3.63, 3.8) is 0 Å². The highest BCUT2D eigenvalue weighted by Gasteiger charge is 2.42. The molecule has 20 heavy (non-hydrogen) atoms. The summed E-state index contributed by atoms with van der Waals surface area (Å²) in [5, 5.41) is 0. The normalized spacial score (nSPS) is 17.7. The van der Waals surface area contributed by atoms with E-state index in [4.69, 9.17) is 0 Å². The highest BCUT2D eigenvalue weighted by molar-refractivity contribution is 6.01. The van der Waals surface area contributed by atoms with Crippen LogP contribution in [0.1, 0.15) is 56.3 Å². The molecule has 1 fully saturated rings. The Morgan fingerprint density at radius 3 is 2.20 bits per heavy atom. The molecule has 1 aromatic carbocycles. The van der Waals surface area contributed by atoms with Crippen LogP contribution in [0.5, 0.6) is 0 Å². The molecule has 0 spiro atoms. The summed E-state index contributed by atoms with van der Waals surface area (Å²) in [6, 6.07) is 1.16. The van der Waals surface area contributed by atoms with Crippen LogP contribution in [0.3, 0.4) is 0 Å². The number of benzene rings is 1. The van der Waals surface area contributed by atoms with Gasteiger partial charge in [-0.2, -0.15) is 0 Å². The smallest absolute Gasteiger partial charge is 0.172 e. The number of hydrogen-bond donors (Lipinski definition) is 0. The molecule has 2 rings (SSSR count). The summed E-state index contributed by atoms with van der Waals surface area (Å²) in [6.45, 7) is 4.02. The van der Waals surface area contributed by atoms with Gasteiger partial charge in [0.2, 0.25) is 0 Å². The van der Waals surface area contributed by atoms with Crippen molar-refractivity contribution in [2.45, 2.75) is 46.0 Å². The maximum Gasteiger partial charge on any atom is 0.172 e. The third-order valence-electron chi connectivity index (χ3n) is 4.10. The van der Waals surface area contributed by atoms with Gasteiger partial charge in [0.05, 0.1) is 5.56 Å². The van der Waals surface area contributed by atoms with Crippen molar-refractivity contribution in [2.75, 3.05) is 0 Å². The van der Waals surface area contributed by atoms with Gasteiger partial charge in [0.25, 0.3) is 0 Å². The highest BCUT2D eigenvalue weighted by atomic mass is 19.2. The maximum absolute atomic E-state index is 13.8. The summed E-state index contributed by atoms with van der Waals surface area (Å²) in [7, 11) is 0. The minimum Gasteiger partial charge on any atom is -0.293 e. The van der Waals surface area contributed by atoms with Crippen LogP contribution in [0, 0.1) is 28.8 Å². The van der Waals surface area contributed by atoms with Gasteiger partial charge in [0, 0.05) is 11.5 Å². The number of carbonyl (C=O) groups excluding carboxylic acids is 1. The molecule has 0 aromatic heterocycles. The molecule has 1 saturated carbocycles. The van der Waals surface area contributed by atoms with E-state index in [1.165, 1.54) is 0 Å². The molecule has 1 aliphatic carbocycles. The monoisotopic (exact) mass is 284 g/mol. The second-order valence-corrected chi connectivity index (χ2v) is 6.16. The van der Waals surface area contributed by atoms with Crippen molar-refractivity contribution in [1.29, 1.82) is 0 Å². The molecule has 0 heterocycles. The number of rotatable bonds is 4. The van der Waals surface area contributed by atoms with Crippen molar-refractivity contribution >= 4 is 5.78 Å². The number of Topliss-reactive ketones (excluding diaryl/α,β-unsaturated/α-hetero) is 1. The predicted octanol–water partition coefficient (Wildman–Crippen LogP) is 4.89. The van der Waals surface area contributed by atoms with Crippen molar-refractivity contribution in [2.24, 2.45) is 11.3 Å². The van der Waals surface area contributed by atoms with Crippen molar-refractivity contribution in [3.8, 4) is 0 Å². The van der Waals surface area contributed by atoms with E-state index >= 15 is 0 Å². The van der Waals surface area contributed by atoms with Crippen molar-refractivity contribution < 1.29 is 18.0 Å². The lowest BCUT2D eigenvalue weighted by Gasteiger charge is -2.29. The Bertz CT molecular complexity index is 517. The Balaban J connectivity index is 2.40. The molecule has 0 unspecified atom stereocenters. The highest BCUT2D eigenvalue weighted by Crippen LogP contribution is 2.46. The van der Waals surface area contributed by atoms with Crippen LogP contribution in [0.25, 0.3) is 0 Å². The van der Waals surface area contributed by atoms with E-state index in [0.29, 0.717) is 37.3 Å². The molecule has 0 amide bonds. The minimum atomic E-state index is -1.26. The van der Waals surface area contributed by atoms with E-state index in [1.54, 1.807) is 0 Å². The summed E-state index contributed by atoms with van der Waals surface area (Å²) in [5.74, 6) is -3.48. The van der Waals surface area contributed by atoms with E-state index in [0.717, 1.165) is 12.8 Å². The van der Waals surface area contributed by atoms with Gasteiger partial charge in [-0.3, -0.25) is 4.79 Å². The number of hydrogen-bond acceptors (Lipinski definition) is 1. The summed E-state index contributed by atoms with van der Waals surface area (Å²) < 4.78 is 40.1. The van der Waals surface area contributed by atoms with E-state index < -0.39 is 22.9 Å². The second kappa shape index (κ2) is 5.58. The van der Waals surface area contributed by atoms with Gasteiger partial charge in [0.1, 0.15) is 5.82 Å². The molecule has 4 heteroatoms. The Morgan fingerprint density at radius 1 is 1.10 bits per heavy atom. The molecule has 1 aliphatic rings. The van der Waals surface area contributed by atoms with Crippen LogP contribution in [0.2, 0.25) is 0 Å². The molecule has 0 saturated heterocycles. The molecule has 0 bridgehead atoms. The summed E-state index contributed by atoms with van der Waals surface area (Å²) in [5.41, 5.74) is -0.925. The average Bonchev–Trinajstić information content (AvgIpc) is 2.81. The van der Waals surface area contributed by atoms with Crippen molar-refractivity contribution in [3.05, 3.63) is 35.1 Å². The van der Waals surface area contributed by atoms with Gasteiger partial charge >= 0.3 is 0 Å². The zero-order valence-corrected chi connectivity index (χ0v) is 11.8. The van der Waals surface area contributed by atoms with E-state index in [2.05, 4.69) is 0 Å². The molecule has 1 nitrogen and oxygen atoms in total. The molecule has 1 aromatic rings. The average molecular weight is 284 g/mol. The van der Waals surface area contributed by atoms with Gasteiger partial charge in [-0.25, -0.2) is 13.2 Å². The fourth-order valence-corrected chi connectivity index (χ4v) is 3.34. The molecular formula is C16H19F3O. The van der Waals surface area contributed by atoms with Gasteiger partial charge in [0.15, 0.2) is 17.4 Å².